The van der Waals surface area contributed by atoms with Gasteiger partial charge in [-0.1, -0.05) is 0 Å². The van der Waals surface area contributed by atoms with Crippen molar-refractivity contribution < 1.29 is 4.79 Å². The maximum Gasteiger partial charge on any atom is 0.239 e. The Hall–Kier alpha value is -1.44. The van der Waals surface area contributed by atoms with Crippen LogP contribution in [0.1, 0.15) is 25.3 Å². The Balaban J connectivity index is 1.53. The van der Waals surface area contributed by atoms with Crippen molar-refractivity contribution in [2.45, 2.75) is 31.3 Å². The van der Waals surface area contributed by atoms with E-state index >= 15 is 0 Å². The van der Waals surface area contributed by atoms with E-state index in [2.05, 4.69) is 46.3 Å². The van der Waals surface area contributed by atoms with Gasteiger partial charge in [-0.05, 0) is 53.5 Å². The highest BCUT2D eigenvalue weighted by Crippen LogP contribution is 2.24. The van der Waals surface area contributed by atoms with Gasteiger partial charge in [0.2, 0.25) is 5.91 Å². The van der Waals surface area contributed by atoms with Crippen LogP contribution in [0, 0.1) is 0 Å². The number of carbonyl (C=O) groups is 1. The first-order valence-electron chi connectivity index (χ1n) is 8.93. The number of nitrogens with one attached hydrogen (secondary N) is 1. The largest absolute Gasteiger partial charge is 0.310 e. The molecule has 0 aliphatic carbocycles. The fraction of sp³-hybridized carbons (Fsp3) is 0.765. The predicted octanol–water partition coefficient (Wildman–Crippen LogP) is 0.724. The highest BCUT2D eigenvalue weighted by atomic mass is 16.2. The van der Waals surface area contributed by atoms with Crippen molar-refractivity contribution in [2.75, 3.05) is 59.2 Å². The van der Waals surface area contributed by atoms with Gasteiger partial charge >= 0.3 is 0 Å². The number of likely N-dealkylation sites (tertiary alicyclic amines) is 2. The van der Waals surface area contributed by atoms with E-state index in [1.165, 1.54) is 0 Å². The quantitative estimate of drug-likeness (QED) is 0.860. The number of rotatable bonds is 5. The van der Waals surface area contributed by atoms with Gasteiger partial charge in [0.15, 0.2) is 0 Å². The number of carbonyl (C=O) groups excluding carboxylic acids is 1. The minimum atomic E-state index is 0.0593. The van der Waals surface area contributed by atoms with E-state index in [0.717, 1.165) is 51.3 Å². The summed E-state index contributed by atoms with van der Waals surface area (Å²) in [6.45, 7) is 4.58. The van der Waals surface area contributed by atoms with Gasteiger partial charge in [0, 0.05) is 25.2 Å². The number of anilines is 1. The van der Waals surface area contributed by atoms with Crippen LogP contribution in [0.4, 0.5) is 5.82 Å². The van der Waals surface area contributed by atoms with E-state index in [1.54, 1.807) is 6.20 Å². The fourth-order valence-corrected chi connectivity index (χ4v) is 3.71. The molecule has 2 aliphatic rings. The van der Waals surface area contributed by atoms with Crippen LogP contribution < -0.4 is 5.32 Å². The number of nitrogens with zero attached hydrogens (tertiary/aromatic N) is 5. The molecule has 0 spiro atoms. The molecule has 1 aromatic heterocycles. The minimum Gasteiger partial charge on any atom is -0.310 e. The van der Waals surface area contributed by atoms with Crippen molar-refractivity contribution in [1.82, 2.24) is 24.5 Å². The maximum atomic E-state index is 12.4. The summed E-state index contributed by atoms with van der Waals surface area (Å²) in [6.07, 6.45) is 5.08. The first-order valence-corrected chi connectivity index (χ1v) is 8.93. The SMILES string of the molecule is CN1CCC(n2nccc2NC(=O)CN2CCC(N(C)C)C2)CC1. The van der Waals surface area contributed by atoms with E-state index < -0.39 is 0 Å². The van der Waals surface area contributed by atoms with E-state index in [1.807, 2.05) is 10.7 Å². The second kappa shape index (κ2) is 7.63. The topological polar surface area (TPSA) is 56.6 Å². The average molecular weight is 334 g/mol. The zero-order chi connectivity index (χ0) is 17.1. The molecule has 3 heterocycles. The lowest BCUT2D eigenvalue weighted by atomic mass is 10.1. The number of amides is 1. The van der Waals surface area contributed by atoms with Gasteiger partial charge in [0.05, 0.1) is 18.8 Å². The van der Waals surface area contributed by atoms with Crippen molar-refractivity contribution in [3.63, 3.8) is 0 Å². The molecule has 7 nitrogen and oxygen atoms in total. The molecular weight excluding hydrogens is 304 g/mol. The van der Waals surface area contributed by atoms with Crippen molar-refractivity contribution in [1.29, 1.82) is 0 Å². The Bertz CT molecular complexity index is 549. The van der Waals surface area contributed by atoms with Crippen molar-refractivity contribution >= 4 is 11.7 Å². The van der Waals surface area contributed by atoms with Crippen LogP contribution in [0.5, 0.6) is 0 Å². The third-order valence-corrected chi connectivity index (χ3v) is 5.32. The van der Waals surface area contributed by atoms with Crippen LogP contribution in [0.3, 0.4) is 0 Å². The first kappa shape index (κ1) is 17.4. The third kappa shape index (κ3) is 4.15. The summed E-state index contributed by atoms with van der Waals surface area (Å²) < 4.78 is 2.00. The second-order valence-electron chi connectivity index (χ2n) is 7.38. The highest BCUT2D eigenvalue weighted by molar-refractivity contribution is 5.91. The Morgan fingerprint density at radius 1 is 1.29 bits per heavy atom. The molecule has 2 fully saturated rings. The molecule has 0 radical (unpaired) electrons. The van der Waals surface area contributed by atoms with E-state index in [-0.39, 0.29) is 5.91 Å². The summed E-state index contributed by atoms with van der Waals surface area (Å²) in [5, 5.41) is 7.51. The summed E-state index contributed by atoms with van der Waals surface area (Å²) in [6, 6.07) is 2.85. The number of hydrogen-bond acceptors (Lipinski definition) is 5. The van der Waals surface area contributed by atoms with Gasteiger partial charge in [-0.25, -0.2) is 4.68 Å². The Labute approximate surface area is 144 Å². The van der Waals surface area contributed by atoms with Crippen molar-refractivity contribution in [2.24, 2.45) is 0 Å². The van der Waals surface area contributed by atoms with Gasteiger partial charge in [-0.2, -0.15) is 5.10 Å². The summed E-state index contributed by atoms with van der Waals surface area (Å²) in [4.78, 5) is 19.2. The molecule has 3 rings (SSSR count). The molecule has 134 valence electrons. The highest BCUT2D eigenvalue weighted by Gasteiger charge is 2.26. The molecule has 1 atom stereocenters. The smallest absolute Gasteiger partial charge is 0.239 e. The summed E-state index contributed by atoms with van der Waals surface area (Å²) in [7, 11) is 6.36. The molecule has 0 bridgehead atoms. The van der Waals surface area contributed by atoms with Gasteiger partial charge in [-0.3, -0.25) is 9.69 Å². The van der Waals surface area contributed by atoms with Crippen LogP contribution in [0.25, 0.3) is 0 Å². The fourth-order valence-electron chi connectivity index (χ4n) is 3.71. The van der Waals surface area contributed by atoms with E-state index in [9.17, 15) is 4.79 Å². The molecule has 1 unspecified atom stereocenters. The third-order valence-electron chi connectivity index (χ3n) is 5.32. The van der Waals surface area contributed by atoms with Crippen molar-refractivity contribution in [3.8, 4) is 0 Å². The molecular formula is C17H30N6O. The van der Waals surface area contributed by atoms with Gasteiger partial charge in [0.25, 0.3) is 0 Å². The molecule has 24 heavy (non-hydrogen) atoms. The van der Waals surface area contributed by atoms with E-state index in [4.69, 9.17) is 0 Å². The summed E-state index contributed by atoms with van der Waals surface area (Å²) in [5.74, 6) is 0.891. The van der Waals surface area contributed by atoms with Crippen molar-refractivity contribution in [3.05, 3.63) is 12.3 Å². The molecule has 0 aromatic carbocycles. The standard InChI is InChI=1S/C17H30N6O/c1-20(2)15-7-11-22(12-15)13-17(24)19-16-4-8-18-23(16)14-5-9-21(3)10-6-14/h4,8,14-15H,5-7,9-13H2,1-3H3,(H,19,24). The number of likely N-dealkylation sites (N-methyl/N-ethyl adjacent to an activating group) is 1. The lowest BCUT2D eigenvalue weighted by Crippen LogP contribution is -2.36. The molecule has 1 aromatic rings. The molecule has 2 aliphatic heterocycles. The number of hydrogen-bond donors (Lipinski definition) is 1. The molecule has 1 amide bonds. The summed E-state index contributed by atoms with van der Waals surface area (Å²) in [5.41, 5.74) is 0. The molecule has 2 saturated heterocycles. The Morgan fingerprint density at radius 2 is 2.04 bits per heavy atom. The summed E-state index contributed by atoms with van der Waals surface area (Å²) >= 11 is 0. The van der Waals surface area contributed by atoms with Crippen LogP contribution in [0.2, 0.25) is 0 Å². The number of aromatic nitrogens is 2. The van der Waals surface area contributed by atoms with Gasteiger partial charge in [0.1, 0.15) is 5.82 Å². The second-order valence-corrected chi connectivity index (χ2v) is 7.38. The van der Waals surface area contributed by atoms with Gasteiger partial charge in [-0.15, -0.1) is 0 Å². The lowest BCUT2D eigenvalue weighted by Gasteiger charge is -2.30. The normalized spacial score (nSPS) is 23.9. The molecule has 1 N–H and O–H groups in total. The van der Waals surface area contributed by atoms with Crippen LogP contribution in [-0.4, -0.2) is 90.3 Å². The zero-order valence-electron chi connectivity index (χ0n) is 15.1. The molecule has 7 heteroatoms. The van der Waals surface area contributed by atoms with Gasteiger partial charge < -0.3 is 15.1 Å². The monoisotopic (exact) mass is 334 g/mol. The predicted molar refractivity (Wildman–Crippen MR) is 95.2 cm³/mol. The van der Waals surface area contributed by atoms with Crippen LogP contribution in [0.15, 0.2) is 12.3 Å². The Kier molecular flexibility index (Phi) is 5.53. The number of piperidine rings is 1. The minimum absolute atomic E-state index is 0.0593. The Morgan fingerprint density at radius 3 is 2.71 bits per heavy atom. The van der Waals surface area contributed by atoms with Crippen LogP contribution in [-0.2, 0) is 4.79 Å². The lowest BCUT2D eigenvalue weighted by molar-refractivity contribution is -0.117. The maximum absolute atomic E-state index is 12.4. The first-order chi connectivity index (χ1) is 11.5. The molecule has 0 saturated carbocycles. The zero-order valence-corrected chi connectivity index (χ0v) is 15.1. The van der Waals surface area contributed by atoms with Crippen LogP contribution >= 0.6 is 0 Å². The average Bonchev–Trinajstić information content (AvgIpc) is 3.17. The van der Waals surface area contributed by atoms with E-state index in [0.29, 0.717) is 18.6 Å².